The number of aliphatic hydroxyl groups is 4. The van der Waals surface area contributed by atoms with Crippen LogP contribution < -0.4 is 4.74 Å². The molecule has 0 aromatic heterocycles. The number of aliphatic carboxylic acids is 1. The van der Waals surface area contributed by atoms with Gasteiger partial charge in [0.15, 0.2) is 6.10 Å². The molecule has 0 aliphatic carbocycles. The van der Waals surface area contributed by atoms with E-state index < -0.39 is 40.8 Å². The molecule has 2 fully saturated rings. The predicted molar refractivity (Wildman–Crippen MR) is 112 cm³/mol. The van der Waals surface area contributed by atoms with Crippen LogP contribution in [-0.4, -0.2) is 92.6 Å². The van der Waals surface area contributed by atoms with Crippen LogP contribution in [0.4, 0.5) is 0 Å². The number of amides is 1. The second-order valence-corrected chi connectivity index (χ2v) is 9.84. The largest absolute Gasteiger partial charge is 0.479 e. The number of carbonyl (C=O) groups excluding carboxylic acids is 1. The maximum Gasteiger partial charge on any atom is 0.368 e. The first kappa shape index (κ1) is 23.7. The first-order valence-electron chi connectivity index (χ1n) is 9.39. The number of halogens is 1. The average Bonchev–Trinajstić information content (AvgIpc) is 2.71. The number of nitrogens with zero attached hydrogens (tertiary/aromatic N) is 1. The van der Waals surface area contributed by atoms with Crippen molar-refractivity contribution < 1.29 is 44.6 Å². The lowest BCUT2D eigenvalue weighted by Gasteiger charge is -2.47. The molecule has 2 heterocycles. The van der Waals surface area contributed by atoms with Crippen molar-refractivity contribution in [3.05, 3.63) is 29.8 Å². The van der Waals surface area contributed by atoms with E-state index in [1.54, 1.807) is 28.1 Å². The monoisotopic (exact) mass is 551 g/mol. The zero-order valence-corrected chi connectivity index (χ0v) is 20.2. The Morgan fingerprint density at radius 1 is 1.20 bits per heavy atom. The quantitative estimate of drug-likeness (QED) is 0.118. The highest BCUT2D eigenvalue weighted by atomic mass is 127. The maximum atomic E-state index is 12.2. The van der Waals surface area contributed by atoms with Gasteiger partial charge in [-0.1, -0.05) is 34.7 Å². The molecule has 1 aromatic rings. The van der Waals surface area contributed by atoms with Crippen LogP contribution in [0.1, 0.15) is 24.4 Å². The van der Waals surface area contributed by atoms with Gasteiger partial charge in [0.1, 0.15) is 28.2 Å². The molecule has 0 saturated carbocycles. The summed E-state index contributed by atoms with van der Waals surface area (Å²) < 4.78 is 11.9. The van der Waals surface area contributed by atoms with Gasteiger partial charge in [-0.2, -0.15) is 0 Å². The van der Waals surface area contributed by atoms with Crippen LogP contribution in [0.2, 0.25) is 0 Å². The van der Waals surface area contributed by atoms with Gasteiger partial charge in [0.05, 0.1) is 5.92 Å². The van der Waals surface area contributed by atoms with E-state index in [9.17, 15) is 30.0 Å². The Kier molecular flexibility index (Phi) is 7.63. The van der Waals surface area contributed by atoms with Crippen LogP contribution in [0.5, 0.6) is 5.75 Å². The number of alkyl halides is 1. The predicted octanol–water partition coefficient (Wildman–Crippen LogP) is -1.46. The summed E-state index contributed by atoms with van der Waals surface area (Å²) in [5.41, 5.74) is 0.897. The molecule has 1 aromatic carbocycles. The summed E-state index contributed by atoms with van der Waals surface area (Å²) in [5.74, 6) is -1.33. The molecule has 164 valence electrons. The molecule has 1 amide bonds. The van der Waals surface area contributed by atoms with Crippen molar-refractivity contribution in [2.24, 2.45) is 5.92 Å². The first-order valence-corrected chi connectivity index (χ1v) is 11.5. The molecule has 8 atom stereocenters. The number of aliphatic hydroxyl groups excluding tert-OH is 4. The van der Waals surface area contributed by atoms with Gasteiger partial charge in [-0.15, -0.1) is 0 Å². The Balaban J connectivity index is 1.68. The lowest BCUT2D eigenvalue weighted by molar-refractivity contribution is -0.271. The fourth-order valence-corrected chi connectivity index (χ4v) is 5.15. The van der Waals surface area contributed by atoms with E-state index >= 15 is 0 Å². The van der Waals surface area contributed by atoms with Gasteiger partial charge in [-0.05, 0) is 30.5 Å². The van der Waals surface area contributed by atoms with Crippen LogP contribution in [0.25, 0.3) is 0 Å². The van der Waals surface area contributed by atoms with Gasteiger partial charge < -0.3 is 38.9 Å². The smallest absolute Gasteiger partial charge is 0.368 e. The van der Waals surface area contributed by atoms with Gasteiger partial charge in [0.25, 0.3) is 0 Å². The van der Waals surface area contributed by atoms with E-state index in [1.165, 1.54) is 0 Å². The maximum absolute atomic E-state index is 12.2. The standard InChI is InChI=1S/C18H22INO9.Al.2H/c19-10(21)6-5-9-11(20-16(9)25)7-1-3-8(4-2-7)28-18-14(24)12(22)13(23)15(29-18)17(26)27;;;/h1-4,9-15,18,21-24H,5-6H2,(H2,20,25,26,27);;;/q;+1;;/p-1/t9?,10-,11+,12-,13-,14+,15-,18+;;;/m0.../s1. The van der Waals surface area contributed by atoms with Crippen molar-refractivity contribution in [2.45, 2.75) is 53.7 Å². The molecule has 0 spiro atoms. The number of benzene rings is 1. The van der Waals surface area contributed by atoms with Gasteiger partial charge in [0.2, 0.25) is 12.2 Å². The van der Waals surface area contributed by atoms with Crippen molar-refractivity contribution in [1.29, 1.82) is 0 Å². The summed E-state index contributed by atoms with van der Waals surface area (Å²) >= 11 is 2.48. The third-order valence-corrected chi connectivity index (χ3v) is 7.09. The fraction of sp³-hybridized carbons (Fsp3) is 0.556. The van der Waals surface area contributed by atoms with E-state index in [1.807, 2.05) is 22.6 Å². The molecule has 30 heavy (non-hydrogen) atoms. The molecule has 1 unspecified atom stereocenters. The number of ether oxygens (including phenoxy) is 2. The van der Waals surface area contributed by atoms with Gasteiger partial charge in [-0.3, -0.25) is 4.79 Å². The summed E-state index contributed by atoms with van der Waals surface area (Å²) in [6.07, 6.45) is -7.26. The third-order valence-electron chi connectivity index (χ3n) is 5.47. The number of hydrogen-bond acceptors (Lipinski definition) is 8. The minimum absolute atomic E-state index is 0.0711. The lowest BCUT2D eigenvalue weighted by atomic mass is 9.82. The highest BCUT2D eigenvalue weighted by Gasteiger charge is 2.48. The van der Waals surface area contributed by atoms with E-state index in [0.717, 1.165) is 5.56 Å². The van der Waals surface area contributed by atoms with Crippen LogP contribution >= 0.6 is 22.6 Å². The highest BCUT2D eigenvalue weighted by molar-refractivity contribution is 14.1. The molecule has 5 N–H and O–H groups in total. The molecule has 3 rings (SSSR count). The molecule has 2 aliphatic heterocycles. The zero-order chi connectivity index (χ0) is 22.2. The molecule has 2 saturated heterocycles. The van der Waals surface area contributed by atoms with Crippen molar-refractivity contribution in [2.75, 3.05) is 0 Å². The average molecular weight is 551 g/mol. The van der Waals surface area contributed by atoms with Crippen molar-refractivity contribution in [3.8, 4) is 5.75 Å². The zero-order valence-electron chi connectivity index (χ0n) is 16.0. The Bertz CT molecular complexity index is 779. The second kappa shape index (κ2) is 9.66. The Labute approximate surface area is 194 Å². The molecule has 10 nitrogen and oxygen atoms in total. The Hall–Kier alpha value is -0.978. The SMILES string of the molecule is O=C(O)[C@H]1O[C@@H](Oc2ccc([C@@H]3C(CC[C@H](O)I)C(=O)[N]3[AlH2])cc2)[C@H](O)[C@@H](O)[C@@H]1O. The summed E-state index contributed by atoms with van der Waals surface area (Å²) in [4.78, 5) is 23.4. The van der Waals surface area contributed by atoms with Crippen LogP contribution in [0.3, 0.4) is 0 Å². The van der Waals surface area contributed by atoms with Crippen molar-refractivity contribution >= 4 is 51.0 Å². The molecule has 0 radical (unpaired) electrons. The van der Waals surface area contributed by atoms with E-state index in [-0.39, 0.29) is 23.6 Å². The number of β-lactam (4-membered cyclic amide) rings is 1. The van der Waals surface area contributed by atoms with Gasteiger partial charge in [-0.25, -0.2) is 4.79 Å². The lowest BCUT2D eigenvalue weighted by Crippen LogP contribution is -2.61. The fourth-order valence-electron chi connectivity index (χ4n) is 3.80. The number of carboxylic acids is 1. The molecule has 0 bridgehead atoms. The highest BCUT2D eigenvalue weighted by Crippen LogP contribution is 2.42. The van der Waals surface area contributed by atoms with E-state index in [2.05, 4.69) is 0 Å². The van der Waals surface area contributed by atoms with E-state index in [0.29, 0.717) is 29.4 Å². The normalized spacial score (nSPS) is 34.9. The first-order chi connectivity index (χ1) is 14.1. The molecular formula is C18H23AlINO9. The minimum Gasteiger partial charge on any atom is -0.479 e. The second-order valence-electron chi connectivity index (χ2n) is 7.43. The van der Waals surface area contributed by atoms with E-state index in [4.69, 9.17) is 14.6 Å². The summed E-state index contributed by atoms with van der Waals surface area (Å²) in [6.45, 7) is 0. The Morgan fingerprint density at radius 2 is 1.83 bits per heavy atom. The van der Waals surface area contributed by atoms with Crippen LogP contribution in [0, 0.1) is 5.92 Å². The van der Waals surface area contributed by atoms with Crippen molar-refractivity contribution in [1.82, 2.24) is 3.88 Å². The van der Waals surface area contributed by atoms with Crippen molar-refractivity contribution in [3.63, 3.8) is 0 Å². The number of carbonyl (C=O) groups is 2. The van der Waals surface area contributed by atoms with Crippen LogP contribution in [0.15, 0.2) is 24.3 Å². The summed E-state index contributed by atoms with van der Waals surface area (Å²) in [7, 11) is 0. The van der Waals surface area contributed by atoms with Crippen LogP contribution in [-0.2, 0) is 14.3 Å². The molecule has 12 heteroatoms. The summed E-state index contributed by atoms with van der Waals surface area (Å²) in [6, 6.07) is 6.65. The number of carboxylic acid groups (broad SMARTS) is 1. The van der Waals surface area contributed by atoms with Gasteiger partial charge in [0, 0.05) is 6.04 Å². The Morgan fingerprint density at radius 3 is 2.40 bits per heavy atom. The topological polar surface area (TPSA) is 157 Å². The molecule has 2 aliphatic rings. The minimum atomic E-state index is -1.78. The molecular weight excluding hydrogens is 528 g/mol. The number of hydrogen-bond donors (Lipinski definition) is 5. The summed E-state index contributed by atoms with van der Waals surface area (Å²) in [5, 5.41) is 48.2. The third kappa shape index (κ3) is 4.76. The number of rotatable bonds is 7. The van der Waals surface area contributed by atoms with Gasteiger partial charge >= 0.3 is 22.5 Å².